The first-order chi connectivity index (χ1) is 8.18. The second kappa shape index (κ2) is 3.24. The predicted molar refractivity (Wildman–Crippen MR) is 53.8 cm³/mol. The molecule has 0 saturated carbocycles. The first kappa shape index (κ1) is 9.70. The lowest BCUT2D eigenvalue weighted by atomic mass is 10.3. The zero-order chi connectivity index (χ0) is 12.0. The molecule has 2 aromatic heterocycles. The number of aromatic amines is 2. The van der Waals surface area contributed by atoms with E-state index in [0.29, 0.717) is 0 Å². The van der Waals surface area contributed by atoms with Crippen LogP contribution in [0.1, 0.15) is 0 Å². The number of hydrogen-bond donors (Lipinski definition) is 2. The number of fused-ring (bicyclic) bond motifs is 1. The molecule has 0 atom stereocenters. The Hall–Kier alpha value is -2.51. The van der Waals surface area contributed by atoms with Gasteiger partial charge in [0.1, 0.15) is 11.8 Å². The van der Waals surface area contributed by atoms with Gasteiger partial charge in [-0.1, -0.05) is 0 Å². The van der Waals surface area contributed by atoms with Crippen molar-refractivity contribution in [3.63, 3.8) is 0 Å². The Labute approximate surface area is 91.9 Å². The number of H-pyrrole nitrogens is 2. The summed E-state index contributed by atoms with van der Waals surface area (Å²) in [4.78, 5) is 17.8. The third-order valence-corrected chi connectivity index (χ3v) is 2.35. The molecule has 2 N–H and O–H groups in total. The summed E-state index contributed by atoms with van der Waals surface area (Å²) < 4.78 is 27.7. The van der Waals surface area contributed by atoms with Gasteiger partial charge < -0.3 is 4.98 Å². The molecular formula is C9H5F2N5O. The summed E-state index contributed by atoms with van der Waals surface area (Å²) in [6, 6.07) is 2.22. The van der Waals surface area contributed by atoms with Gasteiger partial charge in [-0.3, -0.25) is 0 Å². The Bertz CT molecular complexity index is 743. The molecule has 0 fully saturated rings. The van der Waals surface area contributed by atoms with Crippen LogP contribution >= 0.6 is 0 Å². The lowest BCUT2D eigenvalue weighted by molar-refractivity contribution is 0.514. The number of nitrogens with one attached hydrogen (secondary N) is 2. The van der Waals surface area contributed by atoms with Crippen LogP contribution in [0.4, 0.5) is 8.78 Å². The fourth-order valence-electron chi connectivity index (χ4n) is 1.64. The van der Waals surface area contributed by atoms with Gasteiger partial charge in [0.05, 0.1) is 5.52 Å². The van der Waals surface area contributed by atoms with Crippen molar-refractivity contribution in [1.82, 2.24) is 24.7 Å². The highest BCUT2D eigenvalue weighted by Crippen LogP contribution is 2.19. The van der Waals surface area contributed by atoms with Crippen molar-refractivity contribution in [1.29, 1.82) is 0 Å². The zero-order valence-corrected chi connectivity index (χ0v) is 8.24. The topological polar surface area (TPSA) is 79.4 Å². The highest BCUT2D eigenvalue weighted by atomic mass is 19.2. The maximum Gasteiger partial charge on any atom is 0.333 e. The quantitative estimate of drug-likeness (QED) is 0.654. The van der Waals surface area contributed by atoms with Crippen LogP contribution in [0.2, 0.25) is 0 Å². The van der Waals surface area contributed by atoms with E-state index in [4.69, 9.17) is 0 Å². The number of rotatable bonds is 1. The minimum absolute atomic E-state index is 0.0192. The second-order valence-electron chi connectivity index (χ2n) is 3.33. The number of nitrogens with zero attached hydrogens (tertiary/aromatic N) is 3. The summed E-state index contributed by atoms with van der Waals surface area (Å²) in [5, 5.41) is 5.96. The number of benzene rings is 1. The molecule has 2 heterocycles. The van der Waals surface area contributed by atoms with Gasteiger partial charge in [-0.05, 0) is 12.1 Å². The Morgan fingerprint density at radius 2 is 2.12 bits per heavy atom. The molecule has 0 saturated heterocycles. The highest BCUT2D eigenvalue weighted by molar-refractivity contribution is 5.77. The van der Waals surface area contributed by atoms with Crippen molar-refractivity contribution in [2.45, 2.75) is 0 Å². The molecule has 0 aliphatic rings. The normalized spacial score (nSPS) is 11.2. The summed E-state index contributed by atoms with van der Waals surface area (Å²) in [5.41, 5.74) is -0.640. The third kappa shape index (κ3) is 1.27. The monoisotopic (exact) mass is 237 g/mol. The molecule has 0 radical (unpaired) electrons. The molecule has 8 heteroatoms. The highest BCUT2D eigenvalue weighted by Gasteiger charge is 2.17. The average molecular weight is 237 g/mol. The maximum atomic E-state index is 13.6. The SMILES string of the molecule is O=c1[nH]c2ccc(F)c(F)c2n1-c1ncn[nH]1. The van der Waals surface area contributed by atoms with Gasteiger partial charge in [0.25, 0.3) is 0 Å². The van der Waals surface area contributed by atoms with Crippen LogP contribution in [0.25, 0.3) is 17.0 Å². The molecule has 6 nitrogen and oxygen atoms in total. The molecule has 0 unspecified atom stereocenters. The van der Waals surface area contributed by atoms with E-state index >= 15 is 0 Å². The Morgan fingerprint density at radius 1 is 1.29 bits per heavy atom. The van der Waals surface area contributed by atoms with E-state index in [1.54, 1.807) is 0 Å². The van der Waals surface area contributed by atoms with Crippen molar-refractivity contribution in [2.75, 3.05) is 0 Å². The van der Waals surface area contributed by atoms with E-state index in [9.17, 15) is 13.6 Å². The van der Waals surface area contributed by atoms with Crippen molar-refractivity contribution < 1.29 is 8.78 Å². The molecule has 0 spiro atoms. The Kier molecular flexibility index (Phi) is 1.85. The van der Waals surface area contributed by atoms with E-state index in [-0.39, 0.29) is 17.0 Å². The number of halogens is 2. The van der Waals surface area contributed by atoms with Crippen molar-refractivity contribution in [3.8, 4) is 5.95 Å². The van der Waals surface area contributed by atoms with Gasteiger partial charge in [0.2, 0.25) is 5.95 Å². The first-order valence-electron chi connectivity index (χ1n) is 4.63. The van der Waals surface area contributed by atoms with Crippen LogP contribution in [0, 0.1) is 11.6 Å². The molecule has 0 bridgehead atoms. The summed E-state index contributed by atoms with van der Waals surface area (Å²) in [5.74, 6) is -2.13. The maximum absolute atomic E-state index is 13.6. The molecule has 1 aromatic carbocycles. The largest absolute Gasteiger partial charge is 0.333 e. The molecule has 3 rings (SSSR count). The minimum atomic E-state index is -1.11. The van der Waals surface area contributed by atoms with Gasteiger partial charge in [-0.2, -0.15) is 10.1 Å². The van der Waals surface area contributed by atoms with Gasteiger partial charge in [0.15, 0.2) is 11.6 Å². The van der Waals surface area contributed by atoms with E-state index < -0.39 is 17.3 Å². The molecule has 0 amide bonds. The lowest BCUT2D eigenvalue weighted by Crippen LogP contribution is -2.16. The molecule has 86 valence electrons. The predicted octanol–water partition coefficient (Wildman–Crippen LogP) is 0.715. The van der Waals surface area contributed by atoms with E-state index in [1.165, 1.54) is 6.07 Å². The fraction of sp³-hybridized carbons (Fsp3) is 0. The summed E-state index contributed by atoms with van der Waals surface area (Å²) in [7, 11) is 0. The first-order valence-corrected chi connectivity index (χ1v) is 4.63. The number of imidazole rings is 1. The summed E-state index contributed by atoms with van der Waals surface area (Å²) in [6.45, 7) is 0. The van der Waals surface area contributed by atoms with Gasteiger partial charge >= 0.3 is 5.69 Å². The standard InChI is InChI=1S/C9H5F2N5O/c10-4-1-2-5-7(6(4)11)16(9(17)14-5)8-12-3-13-15-8/h1-3H,(H,14,17)(H,12,13,15). The number of hydrogen-bond acceptors (Lipinski definition) is 3. The van der Waals surface area contributed by atoms with Crippen LogP contribution < -0.4 is 5.69 Å². The molecule has 17 heavy (non-hydrogen) atoms. The fourth-order valence-corrected chi connectivity index (χ4v) is 1.64. The van der Waals surface area contributed by atoms with Gasteiger partial charge in [-0.25, -0.2) is 23.2 Å². The smallest absolute Gasteiger partial charge is 0.305 e. The minimum Gasteiger partial charge on any atom is -0.305 e. The Morgan fingerprint density at radius 3 is 2.82 bits per heavy atom. The van der Waals surface area contributed by atoms with E-state index in [1.807, 2.05) is 0 Å². The van der Waals surface area contributed by atoms with Crippen LogP contribution in [0.5, 0.6) is 0 Å². The van der Waals surface area contributed by atoms with Gasteiger partial charge in [0, 0.05) is 0 Å². The van der Waals surface area contributed by atoms with E-state index in [2.05, 4.69) is 20.2 Å². The summed E-state index contributed by atoms with van der Waals surface area (Å²) in [6.07, 6.45) is 1.16. The molecular weight excluding hydrogens is 232 g/mol. The van der Waals surface area contributed by atoms with Crippen molar-refractivity contribution in [2.24, 2.45) is 0 Å². The van der Waals surface area contributed by atoms with Crippen LogP contribution in [-0.4, -0.2) is 24.7 Å². The van der Waals surface area contributed by atoms with Crippen molar-refractivity contribution >= 4 is 11.0 Å². The van der Waals surface area contributed by atoms with Gasteiger partial charge in [-0.15, -0.1) is 0 Å². The van der Waals surface area contributed by atoms with Crippen LogP contribution in [-0.2, 0) is 0 Å². The third-order valence-electron chi connectivity index (χ3n) is 2.35. The Balaban J connectivity index is 2.50. The zero-order valence-electron chi connectivity index (χ0n) is 8.24. The van der Waals surface area contributed by atoms with Crippen molar-refractivity contribution in [3.05, 3.63) is 40.6 Å². The van der Waals surface area contributed by atoms with E-state index in [0.717, 1.165) is 17.0 Å². The summed E-state index contributed by atoms with van der Waals surface area (Å²) >= 11 is 0. The van der Waals surface area contributed by atoms with Crippen LogP contribution in [0.3, 0.4) is 0 Å². The molecule has 3 aromatic rings. The number of aromatic nitrogens is 5. The van der Waals surface area contributed by atoms with Crippen LogP contribution in [0.15, 0.2) is 23.3 Å². The average Bonchev–Trinajstić information content (AvgIpc) is 2.90. The second-order valence-corrected chi connectivity index (χ2v) is 3.33. The molecule has 0 aliphatic carbocycles. The molecule has 0 aliphatic heterocycles. The lowest BCUT2D eigenvalue weighted by Gasteiger charge is -1.99.